The number of benzene rings is 3. The van der Waals surface area contributed by atoms with Crippen LogP contribution in [0.15, 0.2) is 89.8 Å². The molecule has 10 nitrogen and oxygen atoms in total. The summed E-state index contributed by atoms with van der Waals surface area (Å²) in [6, 6.07) is 19.1. The average molecular weight is 704 g/mol. The van der Waals surface area contributed by atoms with Crippen molar-refractivity contribution in [3.05, 3.63) is 102 Å². The lowest BCUT2D eigenvalue weighted by Gasteiger charge is -2.30. The summed E-state index contributed by atoms with van der Waals surface area (Å²) >= 11 is 0. The third-order valence-corrected chi connectivity index (χ3v) is 9.77. The molecule has 3 N–H and O–H groups in total. The van der Waals surface area contributed by atoms with E-state index >= 15 is 0 Å². The molecular formula is C35H40F3N3O7S. The molecular weight excluding hydrogens is 663 g/mol. The van der Waals surface area contributed by atoms with Crippen molar-refractivity contribution in [2.45, 2.75) is 75.3 Å². The van der Waals surface area contributed by atoms with Crippen LogP contribution in [-0.4, -0.2) is 45.1 Å². The monoisotopic (exact) mass is 703 g/mol. The van der Waals surface area contributed by atoms with Gasteiger partial charge in [0.05, 0.1) is 16.5 Å². The smallest absolute Gasteiger partial charge is 0.416 e. The number of nitrogens with one attached hydrogen (secondary N) is 3. The van der Waals surface area contributed by atoms with Crippen LogP contribution in [0.3, 0.4) is 0 Å². The summed E-state index contributed by atoms with van der Waals surface area (Å²) in [5, 5.41) is 5.52. The molecule has 1 aliphatic rings. The number of hydrogen-bond acceptors (Lipinski definition) is 7. The number of alkyl carbamates (subject to hydrolysis) is 1. The molecule has 1 aliphatic carbocycles. The zero-order chi connectivity index (χ0) is 35.6. The molecule has 0 heterocycles. The second-order valence-corrected chi connectivity index (χ2v) is 13.9. The molecule has 2 amide bonds. The molecule has 2 atom stereocenters. The maximum absolute atomic E-state index is 13.4. The Morgan fingerprint density at radius 3 is 1.98 bits per heavy atom. The zero-order valence-corrected chi connectivity index (χ0v) is 27.9. The van der Waals surface area contributed by atoms with Gasteiger partial charge in [0, 0.05) is 12.0 Å². The van der Waals surface area contributed by atoms with Gasteiger partial charge in [-0.2, -0.15) is 13.2 Å². The highest BCUT2D eigenvalue weighted by Crippen LogP contribution is 2.31. The highest BCUT2D eigenvalue weighted by molar-refractivity contribution is 7.89. The average Bonchev–Trinajstić information content (AvgIpc) is 3.08. The van der Waals surface area contributed by atoms with Crippen molar-refractivity contribution in [2.24, 2.45) is 11.8 Å². The molecule has 4 rings (SSSR count). The molecule has 0 aliphatic heterocycles. The van der Waals surface area contributed by atoms with Gasteiger partial charge >= 0.3 is 18.2 Å². The molecule has 1 fully saturated rings. The zero-order valence-electron chi connectivity index (χ0n) is 27.1. The van der Waals surface area contributed by atoms with E-state index in [9.17, 15) is 36.0 Å². The van der Waals surface area contributed by atoms with Gasteiger partial charge < -0.3 is 20.1 Å². The van der Waals surface area contributed by atoms with Crippen molar-refractivity contribution in [3.8, 4) is 0 Å². The second kappa shape index (κ2) is 16.8. The number of carbonyl (C=O) groups excluding carboxylic acids is 3. The van der Waals surface area contributed by atoms with Crippen molar-refractivity contribution in [2.75, 3.05) is 6.61 Å². The molecule has 14 heteroatoms. The molecule has 49 heavy (non-hydrogen) atoms. The highest BCUT2D eigenvalue weighted by Gasteiger charge is 2.33. The number of hydrogen-bond donors (Lipinski definition) is 3. The fourth-order valence-corrected chi connectivity index (χ4v) is 6.73. The van der Waals surface area contributed by atoms with E-state index in [0.29, 0.717) is 31.2 Å². The van der Waals surface area contributed by atoms with E-state index in [1.165, 1.54) is 0 Å². The Morgan fingerprint density at radius 2 is 1.41 bits per heavy atom. The van der Waals surface area contributed by atoms with Gasteiger partial charge in [-0.15, -0.1) is 0 Å². The third kappa shape index (κ3) is 11.0. The molecule has 3 aromatic carbocycles. The predicted octanol–water partition coefficient (Wildman–Crippen LogP) is 5.89. The van der Waals surface area contributed by atoms with Gasteiger partial charge in [-0.05, 0) is 67.0 Å². The molecule has 0 bridgehead atoms. The minimum absolute atomic E-state index is 0.0294. The van der Waals surface area contributed by atoms with Crippen LogP contribution in [0.1, 0.15) is 62.3 Å². The topological polar surface area (TPSA) is 140 Å². The first-order chi connectivity index (χ1) is 23.2. The fourth-order valence-electron chi connectivity index (χ4n) is 5.42. The first kappa shape index (κ1) is 37.4. The predicted molar refractivity (Wildman–Crippen MR) is 174 cm³/mol. The van der Waals surface area contributed by atoms with Crippen molar-refractivity contribution in [1.82, 2.24) is 15.4 Å². The Kier molecular flexibility index (Phi) is 12.8. The van der Waals surface area contributed by atoms with Gasteiger partial charge in [-0.25, -0.2) is 22.7 Å². The lowest BCUT2D eigenvalue weighted by molar-refractivity contribution is -0.148. The summed E-state index contributed by atoms with van der Waals surface area (Å²) < 4.78 is 77.6. The van der Waals surface area contributed by atoms with Gasteiger partial charge in [0.1, 0.15) is 19.3 Å². The molecule has 0 unspecified atom stereocenters. The van der Waals surface area contributed by atoms with Crippen LogP contribution in [0.25, 0.3) is 0 Å². The van der Waals surface area contributed by atoms with Crippen molar-refractivity contribution in [1.29, 1.82) is 0 Å². The van der Waals surface area contributed by atoms with Gasteiger partial charge in [0.15, 0.2) is 0 Å². The highest BCUT2D eigenvalue weighted by atomic mass is 32.2. The van der Waals surface area contributed by atoms with E-state index in [0.717, 1.165) is 29.8 Å². The largest absolute Gasteiger partial charge is 0.462 e. The molecule has 0 saturated heterocycles. The Morgan fingerprint density at radius 1 is 0.816 bits per heavy atom. The van der Waals surface area contributed by atoms with Gasteiger partial charge in [0.25, 0.3) is 0 Å². The van der Waals surface area contributed by atoms with Crippen molar-refractivity contribution < 1.29 is 45.4 Å². The second-order valence-electron chi connectivity index (χ2n) is 12.2. The van der Waals surface area contributed by atoms with Gasteiger partial charge in [-0.1, -0.05) is 74.5 Å². The summed E-state index contributed by atoms with van der Waals surface area (Å²) in [5.41, 5.74) is 0.533. The number of esters is 1. The van der Waals surface area contributed by atoms with E-state index in [4.69, 9.17) is 9.47 Å². The Balaban J connectivity index is 1.31. The van der Waals surface area contributed by atoms with E-state index in [-0.39, 0.29) is 29.9 Å². The van der Waals surface area contributed by atoms with Crippen molar-refractivity contribution >= 4 is 28.0 Å². The first-order valence-electron chi connectivity index (χ1n) is 15.9. The SMILES string of the molecule is CC(C)[C@H](NC(=O)OCc1ccccc1)C(=O)OC[C@@H](NC(=O)[C@H]1CC[C@H](NS(=O)(=O)c2ccc(C(F)(F)F)cc2)CC1)c1ccccc1. The summed E-state index contributed by atoms with van der Waals surface area (Å²) in [7, 11) is -4.07. The number of carbonyl (C=O) groups is 3. The van der Waals surface area contributed by atoms with Gasteiger partial charge in [-0.3, -0.25) is 4.79 Å². The minimum Gasteiger partial charge on any atom is -0.462 e. The molecule has 3 aromatic rings. The summed E-state index contributed by atoms with van der Waals surface area (Å²) in [6.45, 7) is 3.32. The van der Waals surface area contributed by atoms with Crippen LogP contribution >= 0.6 is 0 Å². The molecule has 0 aromatic heterocycles. The molecule has 1 saturated carbocycles. The van der Waals surface area contributed by atoms with Crippen LogP contribution in [0.5, 0.6) is 0 Å². The number of amides is 2. The lowest BCUT2D eigenvalue weighted by Crippen LogP contribution is -2.46. The van der Waals surface area contributed by atoms with E-state index < -0.39 is 57.9 Å². The maximum atomic E-state index is 13.4. The number of alkyl halides is 3. The summed E-state index contributed by atoms with van der Waals surface area (Å²) in [6.07, 6.45) is -3.96. The quantitative estimate of drug-likeness (QED) is 0.189. The minimum atomic E-state index is -4.58. The van der Waals surface area contributed by atoms with E-state index in [1.54, 1.807) is 56.3 Å². The summed E-state index contributed by atoms with van der Waals surface area (Å²) in [4.78, 5) is 38.7. The number of sulfonamides is 1. The number of rotatable bonds is 13. The maximum Gasteiger partial charge on any atom is 0.416 e. The number of halogens is 3. The van der Waals surface area contributed by atoms with Crippen LogP contribution in [0.2, 0.25) is 0 Å². The van der Waals surface area contributed by atoms with E-state index in [2.05, 4.69) is 15.4 Å². The third-order valence-electron chi connectivity index (χ3n) is 8.23. The van der Waals surface area contributed by atoms with Crippen molar-refractivity contribution in [3.63, 3.8) is 0 Å². The number of ether oxygens (including phenoxy) is 2. The summed E-state index contributed by atoms with van der Waals surface area (Å²) in [5.74, 6) is -1.76. The fraction of sp³-hybridized carbons (Fsp3) is 0.400. The van der Waals surface area contributed by atoms with Crippen LogP contribution < -0.4 is 15.4 Å². The first-order valence-corrected chi connectivity index (χ1v) is 17.4. The van der Waals surface area contributed by atoms with Crippen LogP contribution in [0.4, 0.5) is 18.0 Å². The van der Waals surface area contributed by atoms with Crippen LogP contribution in [0, 0.1) is 11.8 Å². The molecule has 264 valence electrons. The van der Waals surface area contributed by atoms with Gasteiger partial charge in [0.2, 0.25) is 15.9 Å². The Labute approximate surface area is 283 Å². The van der Waals surface area contributed by atoms with Crippen LogP contribution in [-0.2, 0) is 41.9 Å². The van der Waals surface area contributed by atoms with E-state index in [1.807, 2.05) is 18.2 Å². The Bertz CT molecular complexity index is 1650. The lowest BCUT2D eigenvalue weighted by atomic mass is 9.85. The Hall–Kier alpha value is -4.43. The standard InChI is InChI=1S/C35H40F3N3O7S/c1-23(2)31(40-34(44)48-21-24-9-5-3-6-10-24)33(43)47-22-30(25-11-7-4-8-12-25)39-32(42)26-13-17-28(18-14-26)41-49(45,46)29-19-15-27(16-20-29)35(36,37)38/h3-12,15-16,19-20,23,26,28,30-31,41H,13-14,17-18,21-22H2,1-2H3,(H,39,42)(H,40,44)/t26-,28-,30-,31+/m1/s1. The molecule has 0 spiro atoms. The normalized spacial score (nSPS) is 17.8. The molecule has 0 radical (unpaired) electrons.